The van der Waals surface area contributed by atoms with Gasteiger partial charge in [0.05, 0.1) is 45.9 Å². The second kappa shape index (κ2) is 12.7. The van der Waals surface area contributed by atoms with Crippen LogP contribution in [0.5, 0.6) is 11.5 Å². The number of morpholine rings is 2. The molecule has 1 aromatic heterocycles. The number of nitrogens with zero attached hydrogens (tertiary/aromatic N) is 5. The van der Waals surface area contributed by atoms with E-state index in [9.17, 15) is 0 Å². The highest BCUT2D eigenvalue weighted by Gasteiger charge is 2.19. The first kappa shape index (κ1) is 24.5. The number of hydrogen-bond donors (Lipinski definition) is 1. The smallest absolute Gasteiger partial charge is 0.229 e. The molecule has 0 radical (unpaired) electrons. The number of aromatic nitrogens is 2. The molecule has 2 saturated heterocycles. The zero-order chi connectivity index (χ0) is 23.6. The quantitative estimate of drug-likeness (QED) is 0.280. The molecule has 0 unspecified atom stereocenters. The van der Waals surface area contributed by atoms with Gasteiger partial charge in [-0.2, -0.15) is 15.1 Å². The van der Waals surface area contributed by atoms with Crippen molar-refractivity contribution < 1.29 is 18.9 Å². The largest absolute Gasteiger partial charge is 0.490 e. The third kappa shape index (κ3) is 6.71. The minimum Gasteiger partial charge on any atom is -0.490 e. The number of alkyl halides is 1. The third-order valence-electron chi connectivity index (χ3n) is 5.32. The molecule has 11 heteroatoms. The van der Waals surface area contributed by atoms with Gasteiger partial charge in [0.15, 0.2) is 17.3 Å². The van der Waals surface area contributed by atoms with Gasteiger partial charge in [-0.3, -0.25) is 5.43 Å². The summed E-state index contributed by atoms with van der Waals surface area (Å²) in [5.41, 5.74) is 3.96. The van der Waals surface area contributed by atoms with Crippen LogP contribution in [0.25, 0.3) is 0 Å². The molecule has 0 bridgehead atoms. The molecule has 184 valence electrons. The van der Waals surface area contributed by atoms with Crippen molar-refractivity contribution in [2.45, 2.75) is 6.92 Å². The van der Waals surface area contributed by atoms with Crippen molar-refractivity contribution in [1.29, 1.82) is 0 Å². The van der Waals surface area contributed by atoms with Crippen LogP contribution in [-0.4, -0.2) is 87.3 Å². The lowest BCUT2D eigenvalue weighted by atomic mass is 10.2. The monoisotopic (exact) mass is 534 g/mol. The summed E-state index contributed by atoms with van der Waals surface area (Å²) in [6, 6.07) is 7.67. The Morgan fingerprint density at radius 3 is 2.44 bits per heavy atom. The Morgan fingerprint density at radius 2 is 1.74 bits per heavy atom. The Balaban J connectivity index is 1.51. The average Bonchev–Trinajstić information content (AvgIpc) is 2.89. The van der Waals surface area contributed by atoms with Crippen molar-refractivity contribution in [3.63, 3.8) is 0 Å². The van der Waals surface area contributed by atoms with Gasteiger partial charge >= 0.3 is 0 Å². The number of nitrogens with one attached hydrogen (secondary N) is 1. The maximum atomic E-state index is 5.73. The number of ether oxygens (including phenoxy) is 4. The fraction of sp³-hybridized carbons (Fsp3) is 0.522. The Morgan fingerprint density at radius 1 is 1.00 bits per heavy atom. The van der Waals surface area contributed by atoms with Crippen LogP contribution in [0.2, 0.25) is 0 Å². The van der Waals surface area contributed by atoms with E-state index in [0.717, 1.165) is 42.9 Å². The predicted octanol–water partition coefficient (Wildman–Crippen LogP) is 2.77. The maximum Gasteiger partial charge on any atom is 0.229 e. The predicted molar refractivity (Wildman–Crippen MR) is 136 cm³/mol. The number of hydrogen-bond acceptors (Lipinski definition) is 10. The van der Waals surface area contributed by atoms with Crippen molar-refractivity contribution >= 4 is 39.7 Å². The molecule has 10 nitrogen and oxygen atoms in total. The van der Waals surface area contributed by atoms with E-state index >= 15 is 0 Å². The van der Waals surface area contributed by atoms with E-state index in [1.807, 2.05) is 31.2 Å². The lowest BCUT2D eigenvalue weighted by Gasteiger charge is -2.31. The van der Waals surface area contributed by atoms with Crippen LogP contribution in [-0.2, 0) is 9.47 Å². The van der Waals surface area contributed by atoms with Crippen molar-refractivity contribution in [2.75, 3.05) is 86.4 Å². The highest BCUT2D eigenvalue weighted by atomic mass is 79.9. The van der Waals surface area contributed by atoms with E-state index in [1.54, 1.807) is 6.21 Å². The molecule has 2 aromatic rings. The lowest BCUT2D eigenvalue weighted by Crippen LogP contribution is -2.39. The molecule has 0 spiro atoms. The Hall–Kier alpha value is -2.63. The van der Waals surface area contributed by atoms with Crippen molar-refractivity contribution in [2.24, 2.45) is 5.10 Å². The molecular formula is C23H31BrN6O4. The van der Waals surface area contributed by atoms with Crippen LogP contribution >= 0.6 is 15.9 Å². The van der Waals surface area contributed by atoms with Gasteiger partial charge in [-0.1, -0.05) is 15.9 Å². The highest BCUT2D eigenvalue weighted by Crippen LogP contribution is 2.28. The molecule has 2 aliphatic rings. The first-order chi connectivity index (χ1) is 16.8. The second-order valence-corrected chi connectivity index (χ2v) is 8.45. The zero-order valence-electron chi connectivity index (χ0n) is 19.4. The van der Waals surface area contributed by atoms with Gasteiger partial charge in [-0.25, -0.2) is 0 Å². The van der Waals surface area contributed by atoms with Crippen molar-refractivity contribution in [1.82, 2.24) is 9.97 Å². The fourth-order valence-corrected chi connectivity index (χ4v) is 3.81. The van der Waals surface area contributed by atoms with Gasteiger partial charge in [0.2, 0.25) is 5.95 Å². The number of benzene rings is 1. The summed E-state index contributed by atoms with van der Waals surface area (Å²) in [7, 11) is 0. The summed E-state index contributed by atoms with van der Waals surface area (Å²) in [5, 5.41) is 5.18. The van der Waals surface area contributed by atoms with Crippen LogP contribution < -0.4 is 24.7 Å². The summed E-state index contributed by atoms with van der Waals surface area (Å²) in [6.45, 7) is 8.91. The summed E-state index contributed by atoms with van der Waals surface area (Å²) in [6.07, 6.45) is 1.74. The van der Waals surface area contributed by atoms with Gasteiger partial charge in [-0.15, -0.1) is 0 Å². The molecule has 0 aliphatic carbocycles. The van der Waals surface area contributed by atoms with Crippen LogP contribution in [0.15, 0.2) is 29.4 Å². The van der Waals surface area contributed by atoms with E-state index in [1.165, 1.54) is 0 Å². The molecule has 1 aromatic carbocycles. The molecule has 0 atom stereocenters. The molecule has 2 aliphatic heterocycles. The standard InChI is InChI=1S/C23H31BrN6O4/c1-2-33-20-15-18(3-4-19(20)34-10-5-24)17-25-28-21-16-22(29-6-11-31-12-7-29)27-23(26-21)30-8-13-32-14-9-30/h3-4,15-17H,2,5-14H2,1H3,(H,26,27,28)/b25-17-. The van der Waals surface area contributed by atoms with Crippen molar-refractivity contribution in [3.05, 3.63) is 29.8 Å². The topological polar surface area (TPSA) is 93.6 Å². The van der Waals surface area contributed by atoms with Gasteiger partial charge < -0.3 is 28.7 Å². The minimum atomic E-state index is 0.555. The van der Waals surface area contributed by atoms with Crippen LogP contribution in [0.1, 0.15) is 12.5 Å². The van der Waals surface area contributed by atoms with Crippen LogP contribution in [0.4, 0.5) is 17.6 Å². The van der Waals surface area contributed by atoms with Gasteiger partial charge in [0, 0.05) is 37.6 Å². The number of hydrazone groups is 1. The van der Waals surface area contributed by atoms with E-state index in [2.05, 4.69) is 36.3 Å². The van der Waals surface area contributed by atoms with Gasteiger partial charge in [-0.05, 0) is 30.7 Å². The highest BCUT2D eigenvalue weighted by molar-refractivity contribution is 9.09. The SMILES string of the molecule is CCOc1cc(/C=N\Nc2cc(N3CCOCC3)nc(N3CCOCC3)n2)ccc1OCCBr. The lowest BCUT2D eigenvalue weighted by molar-refractivity contribution is 0.121. The number of anilines is 3. The Bertz CT molecular complexity index is 915. The van der Waals surface area contributed by atoms with Crippen LogP contribution in [0, 0.1) is 0 Å². The molecule has 3 heterocycles. The van der Waals surface area contributed by atoms with Crippen molar-refractivity contribution in [3.8, 4) is 11.5 Å². The van der Waals surface area contributed by atoms with E-state index in [0.29, 0.717) is 62.9 Å². The molecular weight excluding hydrogens is 504 g/mol. The Labute approximate surface area is 208 Å². The van der Waals surface area contributed by atoms with Gasteiger partial charge in [0.25, 0.3) is 0 Å². The maximum absolute atomic E-state index is 5.73. The van der Waals surface area contributed by atoms with E-state index in [4.69, 9.17) is 28.9 Å². The van der Waals surface area contributed by atoms with E-state index < -0.39 is 0 Å². The summed E-state index contributed by atoms with van der Waals surface area (Å²) in [4.78, 5) is 13.9. The minimum absolute atomic E-state index is 0.555. The molecule has 1 N–H and O–H groups in total. The molecule has 0 saturated carbocycles. The number of rotatable bonds is 10. The average molecular weight is 535 g/mol. The first-order valence-corrected chi connectivity index (χ1v) is 12.7. The van der Waals surface area contributed by atoms with Gasteiger partial charge in [0.1, 0.15) is 5.82 Å². The fourth-order valence-electron chi connectivity index (χ4n) is 3.65. The summed E-state index contributed by atoms with van der Waals surface area (Å²) < 4.78 is 22.4. The third-order valence-corrected chi connectivity index (χ3v) is 5.65. The molecule has 4 rings (SSSR count). The normalized spacial score (nSPS) is 16.6. The van der Waals surface area contributed by atoms with Crippen LogP contribution in [0.3, 0.4) is 0 Å². The number of halogens is 1. The molecule has 34 heavy (non-hydrogen) atoms. The molecule has 0 amide bonds. The first-order valence-electron chi connectivity index (χ1n) is 11.6. The summed E-state index contributed by atoms with van der Waals surface area (Å²) >= 11 is 3.38. The second-order valence-electron chi connectivity index (χ2n) is 7.66. The Kier molecular flexibility index (Phi) is 9.17. The van der Waals surface area contributed by atoms with E-state index in [-0.39, 0.29) is 0 Å². The summed E-state index contributed by atoms with van der Waals surface area (Å²) in [5.74, 6) is 3.59. The zero-order valence-corrected chi connectivity index (χ0v) is 21.0. The molecule has 2 fully saturated rings.